The second-order valence-electron chi connectivity index (χ2n) is 6.62. The molecule has 3 aromatic rings. The summed E-state index contributed by atoms with van der Waals surface area (Å²) in [6, 6.07) is 12.0. The van der Waals surface area contributed by atoms with Crippen molar-refractivity contribution in [2.45, 2.75) is 31.1 Å². The van der Waals surface area contributed by atoms with Gasteiger partial charge in [0.15, 0.2) is 0 Å². The summed E-state index contributed by atoms with van der Waals surface area (Å²) in [5.41, 5.74) is 2.60. The molecule has 25 heavy (non-hydrogen) atoms. The number of benzene rings is 2. The number of hydrogen-bond donors (Lipinski definition) is 1. The van der Waals surface area contributed by atoms with E-state index in [1.54, 1.807) is 30.3 Å². The van der Waals surface area contributed by atoms with Crippen LogP contribution in [0.2, 0.25) is 0 Å². The van der Waals surface area contributed by atoms with Crippen molar-refractivity contribution in [2.75, 3.05) is 4.72 Å². The van der Waals surface area contributed by atoms with E-state index in [-0.39, 0.29) is 4.90 Å². The SMILES string of the molecule is C[C@H]1CCc2c(oc3ccc(NS(=O)(=O)c4ccc(Br)cc4)cc23)C1. The van der Waals surface area contributed by atoms with E-state index < -0.39 is 10.0 Å². The van der Waals surface area contributed by atoms with Crippen LogP contribution in [0.25, 0.3) is 11.0 Å². The standard InChI is InChI=1S/C19H18BrNO3S/c1-12-2-8-16-17-11-14(5-9-18(17)24-19(16)10-12)21-25(22,23)15-6-3-13(20)4-7-15/h3-7,9,11-12,21H,2,8,10H2,1H3/t12-/m0/s1. The van der Waals surface area contributed by atoms with Crippen LogP contribution in [0.1, 0.15) is 24.7 Å². The molecule has 4 rings (SSSR count). The molecule has 2 aromatic carbocycles. The Morgan fingerprint density at radius 2 is 1.92 bits per heavy atom. The Morgan fingerprint density at radius 3 is 2.68 bits per heavy atom. The maximum Gasteiger partial charge on any atom is 0.261 e. The van der Waals surface area contributed by atoms with E-state index >= 15 is 0 Å². The van der Waals surface area contributed by atoms with Crippen LogP contribution in [0.3, 0.4) is 0 Å². The highest BCUT2D eigenvalue weighted by Crippen LogP contribution is 2.35. The lowest BCUT2D eigenvalue weighted by Crippen LogP contribution is -2.12. The quantitative estimate of drug-likeness (QED) is 0.640. The number of aryl methyl sites for hydroxylation is 1. The lowest BCUT2D eigenvalue weighted by Gasteiger charge is -2.16. The van der Waals surface area contributed by atoms with Crippen LogP contribution >= 0.6 is 15.9 Å². The van der Waals surface area contributed by atoms with E-state index in [1.165, 1.54) is 5.56 Å². The second-order valence-corrected chi connectivity index (χ2v) is 9.22. The topological polar surface area (TPSA) is 59.3 Å². The summed E-state index contributed by atoms with van der Waals surface area (Å²) in [5.74, 6) is 1.67. The summed E-state index contributed by atoms with van der Waals surface area (Å²) in [6.07, 6.45) is 3.06. The minimum Gasteiger partial charge on any atom is -0.461 e. The van der Waals surface area contributed by atoms with E-state index in [9.17, 15) is 8.42 Å². The Bertz CT molecular complexity index is 1040. The van der Waals surface area contributed by atoms with Crippen molar-refractivity contribution >= 4 is 42.6 Å². The minimum absolute atomic E-state index is 0.235. The van der Waals surface area contributed by atoms with E-state index in [0.29, 0.717) is 11.6 Å². The zero-order valence-corrected chi connectivity index (χ0v) is 16.2. The lowest BCUT2D eigenvalue weighted by molar-refractivity contribution is 0.426. The summed E-state index contributed by atoms with van der Waals surface area (Å²) in [6.45, 7) is 2.23. The van der Waals surface area contributed by atoms with Crippen LogP contribution in [-0.4, -0.2) is 8.42 Å². The van der Waals surface area contributed by atoms with Crippen molar-refractivity contribution in [3.8, 4) is 0 Å². The van der Waals surface area contributed by atoms with Gasteiger partial charge in [-0.1, -0.05) is 22.9 Å². The molecule has 0 fully saturated rings. The van der Waals surface area contributed by atoms with Crippen molar-refractivity contribution in [1.29, 1.82) is 0 Å². The first kappa shape index (κ1) is 16.7. The Morgan fingerprint density at radius 1 is 1.16 bits per heavy atom. The van der Waals surface area contributed by atoms with Crippen LogP contribution in [0, 0.1) is 5.92 Å². The summed E-state index contributed by atoms with van der Waals surface area (Å²) in [5, 5.41) is 1.01. The lowest BCUT2D eigenvalue weighted by atomic mass is 9.88. The monoisotopic (exact) mass is 419 g/mol. The van der Waals surface area contributed by atoms with E-state index in [0.717, 1.165) is 40.5 Å². The van der Waals surface area contributed by atoms with Gasteiger partial charge in [-0.15, -0.1) is 0 Å². The number of sulfonamides is 1. The molecule has 1 atom stereocenters. The first-order valence-corrected chi connectivity index (χ1v) is 10.5. The van der Waals surface area contributed by atoms with Crippen LogP contribution in [0.5, 0.6) is 0 Å². The first-order valence-electron chi connectivity index (χ1n) is 8.25. The number of anilines is 1. The third kappa shape index (κ3) is 3.20. The van der Waals surface area contributed by atoms with Gasteiger partial charge in [-0.25, -0.2) is 8.42 Å². The van der Waals surface area contributed by atoms with Crippen LogP contribution in [0.4, 0.5) is 5.69 Å². The van der Waals surface area contributed by atoms with Gasteiger partial charge < -0.3 is 4.42 Å². The zero-order chi connectivity index (χ0) is 17.6. The number of halogens is 1. The Labute approximate surface area is 155 Å². The third-order valence-corrected chi connectivity index (χ3v) is 6.60. The maximum absolute atomic E-state index is 12.6. The van der Waals surface area contributed by atoms with Crippen molar-refractivity contribution in [1.82, 2.24) is 0 Å². The number of nitrogens with one attached hydrogen (secondary N) is 1. The van der Waals surface area contributed by atoms with Crippen LogP contribution in [0.15, 0.2) is 56.2 Å². The highest BCUT2D eigenvalue weighted by Gasteiger charge is 2.22. The largest absolute Gasteiger partial charge is 0.461 e. The van der Waals surface area contributed by atoms with Crippen LogP contribution < -0.4 is 4.72 Å². The van der Waals surface area contributed by atoms with Gasteiger partial charge in [-0.05, 0) is 61.2 Å². The number of rotatable bonds is 3. The normalized spacial score (nSPS) is 17.4. The van der Waals surface area contributed by atoms with Crippen molar-refractivity contribution in [3.63, 3.8) is 0 Å². The molecule has 130 valence electrons. The molecule has 0 spiro atoms. The smallest absolute Gasteiger partial charge is 0.261 e. The molecule has 0 saturated heterocycles. The predicted molar refractivity (Wildman–Crippen MR) is 102 cm³/mol. The van der Waals surface area contributed by atoms with Crippen LogP contribution in [-0.2, 0) is 22.9 Å². The molecule has 0 radical (unpaired) electrons. The molecule has 0 unspecified atom stereocenters. The minimum atomic E-state index is -3.61. The van der Waals surface area contributed by atoms with Crippen molar-refractivity contribution in [3.05, 3.63) is 58.3 Å². The molecule has 0 aliphatic heterocycles. The fourth-order valence-corrected chi connectivity index (χ4v) is 4.65. The molecular weight excluding hydrogens is 402 g/mol. The van der Waals surface area contributed by atoms with Gasteiger partial charge in [0.2, 0.25) is 0 Å². The van der Waals surface area contributed by atoms with Gasteiger partial charge in [0.05, 0.1) is 4.90 Å². The number of furan rings is 1. The molecule has 0 amide bonds. The Balaban J connectivity index is 1.69. The van der Waals surface area contributed by atoms with E-state index in [1.807, 2.05) is 12.1 Å². The van der Waals surface area contributed by atoms with E-state index in [2.05, 4.69) is 27.6 Å². The van der Waals surface area contributed by atoms with Gasteiger partial charge in [-0.3, -0.25) is 4.72 Å². The number of fused-ring (bicyclic) bond motifs is 3. The molecule has 0 saturated carbocycles. The van der Waals surface area contributed by atoms with E-state index in [4.69, 9.17) is 4.42 Å². The summed E-state index contributed by atoms with van der Waals surface area (Å²) in [4.78, 5) is 0.235. The summed E-state index contributed by atoms with van der Waals surface area (Å²) < 4.78 is 34.6. The van der Waals surface area contributed by atoms with Gasteiger partial charge in [0.1, 0.15) is 11.3 Å². The second kappa shape index (κ2) is 6.18. The van der Waals surface area contributed by atoms with Crippen molar-refractivity contribution < 1.29 is 12.8 Å². The molecule has 1 aliphatic carbocycles. The molecule has 1 aliphatic rings. The average Bonchev–Trinajstić information content (AvgIpc) is 2.91. The highest BCUT2D eigenvalue weighted by atomic mass is 79.9. The fourth-order valence-electron chi connectivity index (χ4n) is 3.34. The molecule has 6 heteroatoms. The summed E-state index contributed by atoms with van der Waals surface area (Å²) >= 11 is 3.32. The highest BCUT2D eigenvalue weighted by molar-refractivity contribution is 9.10. The van der Waals surface area contributed by atoms with Gasteiger partial charge in [0.25, 0.3) is 10.0 Å². The molecule has 1 heterocycles. The Kier molecular flexibility index (Phi) is 4.12. The third-order valence-electron chi connectivity index (χ3n) is 4.67. The molecule has 4 nitrogen and oxygen atoms in total. The predicted octanol–water partition coefficient (Wildman–Crippen LogP) is 5.12. The fraction of sp³-hybridized carbons (Fsp3) is 0.263. The molecule has 1 aromatic heterocycles. The number of hydrogen-bond acceptors (Lipinski definition) is 3. The van der Waals surface area contributed by atoms with Gasteiger partial charge in [0, 0.05) is 27.5 Å². The maximum atomic E-state index is 12.6. The van der Waals surface area contributed by atoms with Gasteiger partial charge >= 0.3 is 0 Å². The Hall–Kier alpha value is -1.79. The summed E-state index contributed by atoms with van der Waals surface area (Å²) in [7, 11) is -3.61. The van der Waals surface area contributed by atoms with Crippen molar-refractivity contribution in [2.24, 2.45) is 5.92 Å². The zero-order valence-electron chi connectivity index (χ0n) is 13.8. The van der Waals surface area contributed by atoms with Gasteiger partial charge in [-0.2, -0.15) is 0 Å². The molecule has 1 N–H and O–H groups in total. The average molecular weight is 420 g/mol. The first-order chi connectivity index (χ1) is 11.9. The molecular formula is C19H18BrNO3S. The molecule has 0 bridgehead atoms.